The van der Waals surface area contributed by atoms with E-state index in [0.717, 1.165) is 31.8 Å². The minimum atomic E-state index is -0.0781. The van der Waals surface area contributed by atoms with Gasteiger partial charge in [-0.1, -0.05) is 18.8 Å². The fraction of sp³-hybridized carbons (Fsp3) is 0.600. The lowest BCUT2D eigenvalue weighted by molar-refractivity contribution is 0.0728. The van der Waals surface area contributed by atoms with Gasteiger partial charge in [0.15, 0.2) is 0 Å². The molecule has 2 rings (SSSR count). The Bertz CT molecular complexity index is 440. The summed E-state index contributed by atoms with van der Waals surface area (Å²) in [6.07, 6.45) is 2.80. The van der Waals surface area contributed by atoms with Crippen LogP contribution < -0.4 is 0 Å². The Hall–Kier alpha value is -0.860. The zero-order chi connectivity index (χ0) is 13.5. The molecule has 4 heteroatoms. The summed E-state index contributed by atoms with van der Waals surface area (Å²) in [5.41, 5.74) is 1.00. The van der Waals surface area contributed by atoms with Crippen LogP contribution in [0.2, 0.25) is 0 Å². The number of ether oxygens (including phenoxy) is 1. The first-order chi connectivity index (χ1) is 9.31. The van der Waals surface area contributed by atoms with E-state index in [4.69, 9.17) is 9.84 Å². The number of thiophene rings is 1. The lowest BCUT2D eigenvalue weighted by Crippen LogP contribution is -2.31. The standard InChI is InChI=1S/C15H21NO2S/c1-2-16(10-14-6-4-8-18-14)11-15-9-13(12-19-15)5-3-7-17/h9,12,14,17H,2,4,6-8,10-11H2,1H3. The van der Waals surface area contributed by atoms with Crippen LogP contribution in [0.15, 0.2) is 11.4 Å². The summed E-state index contributed by atoms with van der Waals surface area (Å²) in [6, 6.07) is 2.12. The van der Waals surface area contributed by atoms with Crippen LogP contribution >= 0.6 is 11.3 Å². The Labute approximate surface area is 119 Å². The molecule has 1 atom stereocenters. The molecule has 3 nitrogen and oxygen atoms in total. The molecule has 0 aromatic carbocycles. The van der Waals surface area contributed by atoms with Gasteiger partial charge in [-0.25, -0.2) is 0 Å². The van der Waals surface area contributed by atoms with Gasteiger partial charge in [-0.2, -0.15) is 0 Å². The van der Waals surface area contributed by atoms with Crippen LogP contribution in [-0.4, -0.2) is 42.4 Å². The van der Waals surface area contributed by atoms with Gasteiger partial charge in [-0.05, 0) is 25.5 Å². The first-order valence-electron chi connectivity index (χ1n) is 6.83. The van der Waals surface area contributed by atoms with E-state index >= 15 is 0 Å². The Kier molecular flexibility index (Phi) is 5.87. The largest absolute Gasteiger partial charge is 0.384 e. The summed E-state index contributed by atoms with van der Waals surface area (Å²) >= 11 is 1.73. The zero-order valence-electron chi connectivity index (χ0n) is 11.4. The summed E-state index contributed by atoms with van der Waals surface area (Å²) < 4.78 is 5.69. The highest BCUT2D eigenvalue weighted by atomic mass is 32.1. The first kappa shape index (κ1) is 14.5. The third kappa shape index (κ3) is 4.63. The van der Waals surface area contributed by atoms with Crippen molar-refractivity contribution < 1.29 is 9.84 Å². The molecule has 0 amide bonds. The number of nitrogens with zero attached hydrogens (tertiary/aromatic N) is 1. The Morgan fingerprint density at radius 2 is 2.47 bits per heavy atom. The Morgan fingerprint density at radius 3 is 3.16 bits per heavy atom. The van der Waals surface area contributed by atoms with Crippen molar-refractivity contribution in [2.45, 2.75) is 32.4 Å². The van der Waals surface area contributed by atoms with Gasteiger partial charge < -0.3 is 9.84 Å². The van der Waals surface area contributed by atoms with Crippen LogP contribution in [0.1, 0.15) is 30.2 Å². The number of aliphatic hydroxyl groups is 1. The van der Waals surface area contributed by atoms with Crippen LogP contribution in [0, 0.1) is 11.8 Å². The normalized spacial score (nSPS) is 18.6. The molecule has 0 spiro atoms. The van der Waals surface area contributed by atoms with Crippen LogP contribution in [0.3, 0.4) is 0 Å². The predicted molar refractivity (Wildman–Crippen MR) is 78.2 cm³/mol. The molecule has 0 bridgehead atoms. The lowest BCUT2D eigenvalue weighted by atomic mass is 10.2. The Balaban J connectivity index is 1.88. The van der Waals surface area contributed by atoms with Crippen LogP contribution in [0.5, 0.6) is 0 Å². The van der Waals surface area contributed by atoms with Crippen molar-refractivity contribution in [3.8, 4) is 11.8 Å². The molecular weight excluding hydrogens is 258 g/mol. The smallest absolute Gasteiger partial charge is 0.104 e. The molecule has 1 saturated heterocycles. The summed E-state index contributed by atoms with van der Waals surface area (Å²) in [4.78, 5) is 3.74. The second kappa shape index (κ2) is 7.66. The maximum atomic E-state index is 8.68. The van der Waals surface area contributed by atoms with Crippen LogP contribution in [-0.2, 0) is 11.3 Å². The van der Waals surface area contributed by atoms with Gasteiger partial charge in [0.1, 0.15) is 6.61 Å². The van der Waals surface area contributed by atoms with Gasteiger partial charge >= 0.3 is 0 Å². The van der Waals surface area contributed by atoms with Gasteiger partial charge in [0.2, 0.25) is 0 Å². The summed E-state index contributed by atoms with van der Waals surface area (Å²) in [6.45, 7) is 6.05. The van der Waals surface area contributed by atoms with E-state index in [1.807, 2.05) is 0 Å². The molecule has 1 aromatic heterocycles. The molecule has 2 heterocycles. The van der Waals surface area contributed by atoms with Crippen molar-refractivity contribution >= 4 is 11.3 Å². The number of hydrogen-bond donors (Lipinski definition) is 1. The monoisotopic (exact) mass is 279 g/mol. The number of hydrogen-bond acceptors (Lipinski definition) is 4. The zero-order valence-corrected chi connectivity index (χ0v) is 12.2. The van der Waals surface area contributed by atoms with Crippen molar-refractivity contribution in [3.63, 3.8) is 0 Å². The van der Waals surface area contributed by atoms with E-state index in [2.05, 4.69) is 35.1 Å². The molecule has 19 heavy (non-hydrogen) atoms. The molecular formula is C15H21NO2S. The lowest BCUT2D eigenvalue weighted by Gasteiger charge is -2.22. The van der Waals surface area contributed by atoms with Crippen molar-refractivity contribution in [2.24, 2.45) is 0 Å². The van der Waals surface area contributed by atoms with E-state index in [1.165, 1.54) is 17.7 Å². The van der Waals surface area contributed by atoms with Gasteiger partial charge in [-0.3, -0.25) is 4.90 Å². The molecule has 1 aliphatic rings. The number of rotatable bonds is 5. The van der Waals surface area contributed by atoms with Crippen molar-refractivity contribution in [2.75, 3.05) is 26.3 Å². The van der Waals surface area contributed by atoms with Crippen LogP contribution in [0.4, 0.5) is 0 Å². The second-order valence-corrected chi connectivity index (χ2v) is 5.72. The number of likely N-dealkylation sites (N-methyl/N-ethyl adjacent to an activating group) is 1. The first-order valence-corrected chi connectivity index (χ1v) is 7.71. The highest BCUT2D eigenvalue weighted by Gasteiger charge is 2.18. The quantitative estimate of drug-likeness (QED) is 0.838. The van der Waals surface area contributed by atoms with Crippen molar-refractivity contribution in [1.82, 2.24) is 4.90 Å². The minimum absolute atomic E-state index is 0.0781. The molecule has 1 aliphatic heterocycles. The van der Waals surface area contributed by atoms with E-state index in [0.29, 0.717) is 6.10 Å². The molecule has 104 valence electrons. The van der Waals surface area contributed by atoms with Gasteiger partial charge in [-0.15, -0.1) is 11.3 Å². The van der Waals surface area contributed by atoms with Gasteiger partial charge in [0.25, 0.3) is 0 Å². The molecule has 0 aliphatic carbocycles. The topological polar surface area (TPSA) is 32.7 Å². The highest BCUT2D eigenvalue weighted by molar-refractivity contribution is 7.10. The van der Waals surface area contributed by atoms with E-state index in [9.17, 15) is 0 Å². The third-order valence-electron chi connectivity index (χ3n) is 3.28. The fourth-order valence-electron chi connectivity index (χ4n) is 2.27. The average Bonchev–Trinajstić information content (AvgIpc) is 3.07. The molecule has 1 aromatic rings. The fourth-order valence-corrected chi connectivity index (χ4v) is 3.13. The minimum Gasteiger partial charge on any atom is -0.384 e. The second-order valence-electron chi connectivity index (χ2n) is 4.72. The maximum Gasteiger partial charge on any atom is 0.104 e. The van der Waals surface area contributed by atoms with E-state index in [-0.39, 0.29) is 6.61 Å². The predicted octanol–water partition coefficient (Wildman–Crippen LogP) is 2.09. The highest BCUT2D eigenvalue weighted by Crippen LogP contribution is 2.18. The maximum absolute atomic E-state index is 8.68. The average molecular weight is 279 g/mol. The van der Waals surface area contributed by atoms with E-state index in [1.54, 1.807) is 11.3 Å². The summed E-state index contributed by atoms with van der Waals surface area (Å²) in [5.74, 6) is 5.63. The van der Waals surface area contributed by atoms with E-state index < -0.39 is 0 Å². The SMILES string of the molecule is CCN(Cc1cc(C#CCO)cs1)CC1CCCO1. The van der Waals surface area contributed by atoms with Crippen molar-refractivity contribution in [1.29, 1.82) is 0 Å². The number of aliphatic hydroxyl groups excluding tert-OH is 1. The van der Waals surface area contributed by atoms with Gasteiger partial charge in [0, 0.05) is 35.5 Å². The molecule has 1 unspecified atom stereocenters. The van der Waals surface area contributed by atoms with Crippen molar-refractivity contribution in [3.05, 3.63) is 21.9 Å². The molecule has 1 fully saturated rings. The van der Waals surface area contributed by atoms with Gasteiger partial charge in [0.05, 0.1) is 6.10 Å². The third-order valence-corrected chi connectivity index (χ3v) is 4.20. The molecule has 1 N–H and O–H groups in total. The summed E-state index contributed by atoms with van der Waals surface area (Å²) in [7, 11) is 0. The molecule has 0 radical (unpaired) electrons. The Morgan fingerprint density at radius 1 is 1.58 bits per heavy atom. The summed E-state index contributed by atoms with van der Waals surface area (Å²) in [5, 5.41) is 10.7. The molecule has 0 saturated carbocycles. The van der Waals surface area contributed by atoms with Crippen LogP contribution in [0.25, 0.3) is 0 Å².